The second kappa shape index (κ2) is 15.6. The molecule has 0 radical (unpaired) electrons. The molecule has 0 fully saturated rings. The Bertz CT molecular complexity index is 1240. The molecule has 0 spiro atoms. The Labute approximate surface area is 288 Å². The lowest BCUT2D eigenvalue weighted by molar-refractivity contribution is -0.328. The number of benzene rings is 2. The number of carbonyl (C=O) groups excluding carboxylic acids is 2. The summed E-state index contributed by atoms with van der Waals surface area (Å²) in [6.45, 7) is 24.2. The first-order chi connectivity index (χ1) is 21.8. The number of phenolic OH excluding ortho intramolecular Hbond substituents is 2. The number of aliphatic hydroxyl groups excluding tert-OH is 1. The van der Waals surface area contributed by atoms with Crippen LogP contribution in [0.3, 0.4) is 0 Å². The molecule has 0 aliphatic carbocycles. The van der Waals surface area contributed by atoms with E-state index in [1.165, 1.54) is 0 Å². The summed E-state index contributed by atoms with van der Waals surface area (Å²) >= 11 is 0. The van der Waals surface area contributed by atoms with Gasteiger partial charge in [-0.3, -0.25) is 9.59 Å². The fourth-order valence-electron chi connectivity index (χ4n) is 5.67. The van der Waals surface area contributed by atoms with E-state index in [9.17, 15) is 30.0 Å². The molecule has 2 aromatic carbocycles. The summed E-state index contributed by atoms with van der Waals surface area (Å²) in [5.41, 5.74) is 3.52. The number of aryl methyl sites for hydroxylation is 2. The Balaban J connectivity index is 2.25. The zero-order chi connectivity index (χ0) is 36.9. The number of aliphatic hydroxyl groups is 2. The molecular weight excluding hydrogens is 608 g/mol. The zero-order valence-electron chi connectivity index (χ0n) is 31.6. The van der Waals surface area contributed by atoms with Crippen LogP contribution in [0, 0.1) is 0 Å². The number of rotatable bonds is 13. The second-order valence-corrected chi connectivity index (χ2v) is 17.3. The maximum atomic E-state index is 13.1. The second-order valence-electron chi connectivity index (χ2n) is 17.3. The first-order valence-electron chi connectivity index (χ1n) is 17.3. The molecule has 0 atom stereocenters. The summed E-state index contributed by atoms with van der Waals surface area (Å²) in [6, 6.07) is 7.60. The standard InChI is InChI=1S/C40H62O8/c1-36(2,3)28-22-26(23-29(34(28)44)37(4,5)6)16-18-32(42)47-40(46,20-14-13-15-21-41)48-33(43)19-17-27-24-30(38(7,8)9)35(45)31(25-27)39(10,11)12/h22-25,41,44-46H,13-21H2,1-12H3. The van der Waals surface area contributed by atoms with Crippen LogP contribution in [0.25, 0.3) is 0 Å². The molecule has 48 heavy (non-hydrogen) atoms. The van der Waals surface area contributed by atoms with Crippen molar-refractivity contribution in [3.05, 3.63) is 57.6 Å². The SMILES string of the molecule is CC(C)(C)c1cc(CCC(=O)OC(O)(CCCCCO)OC(=O)CCc2cc(C(C)(C)C)c(O)c(C(C)(C)C)c2)cc(C(C)(C)C)c1O. The molecule has 0 aliphatic rings. The molecule has 0 unspecified atom stereocenters. The molecule has 2 rings (SSSR count). The van der Waals surface area contributed by atoms with E-state index < -0.39 is 17.9 Å². The quantitative estimate of drug-likeness (QED) is 0.0954. The molecule has 4 N–H and O–H groups in total. The predicted molar refractivity (Wildman–Crippen MR) is 190 cm³/mol. The van der Waals surface area contributed by atoms with Crippen molar-refractivity contribution in [2.24, 2.45) is 0 Å². The average Bonchev–Trinajstić information content (AvgIpc) is 2.91. The summed E-state index contributed by atoms with van der Waals surface area (Å²) in [6.07, 6.45) is 1.72. The lowest BCUT2D eigenvalue weighted by Crippen LogP contribution is -2.40. The number of unbranched alkanes of at least 4 members (excludes halogenated alkanes) is 2. The van der Waals surface area contributed by atoms with E-state index in [0.29, 0.717) is 32.1 Å². The van der Waals surface area contributed by atoms with Gasteiger partial charge < -0.3 is 29.9 Å². The van der Waals surface area contributed by atoms with Crippen LogP contribution < -0.4 is 0 Å². The minimum atomic E-state index is -2.45. The van der Waals surface area contributed by atoms with E-state index in [4.69, 9.17) is 9.47 Å². The third-order valence-electron chi connectivity index (χ3n) is 8.50. The van der Waals surface area contributed by atoms with Crippen molar-refractivity contribution in [1.82, 2.24) is 0 Å². The minimum Gasteiger partial charge on any atom is -0.507 e. The van der Waals surface area contributed by atoms with Gasteiger partial charge in [0.05, 0.1) is 6.42 Å². The Hall–Kier alpha value is -3.10. The molecule has 0 saturated heterocycles. The molecular formula is C40H62O8. The Morgan fingerprint density at radius 1 is 0.562 bits per heavy atom. The van der Waals surface area contributed by atoms with E-state index in [2.05, 4.69) is 0 Å². The number of hydrogen-bond acceptors (Lipinski definition) is 8. The number of ether oxygens (including phenoxy) is 2. The lowest BCUT2D eigenvalue weighted by Gasteiger charge is -2.29. The largest absolute Gasteiger partial charge is 0.507 e. The van der Waals surface area contributed by atoms with E-state index >= 15 is 0 Å². The zero-order valence-corrected chi connectivity index (χ0v) is 31.6. The molecule has 0 heterocycles. The van der Waals surface area contributed by atoms with Crippen molar-refractivity contribution in [2.75, 3.05) is 6.61 Å². The normalized spacial score (nSPS) is 13.0. The van der Waals surface area contributed by atoms with Crippen LogP contribution in [0.1, 0.15) is 155 Å². The maximum absolute atomic E-state index is 13.1. The van der Waals surface area contributed by atoms with Crippen molar-refractivity contribution in [3.63, 3.8) is 0 Å². The van der Waals surface area contributed by atoms with Crippen LogP contribution in [0.2, 0.25) is 0 Å². The summed E-state index contributed by atoms with van der Waals surface area (Å²) in [5, 5.41) is 42.6. The number of hydrogen-bond donors (Lipinski definition) is 4. The van der Waals surface area contributed by atoms with Crippen LogP contribution in [-0.2, 0) is 53.6 Å². The van der Waals surface area contributed by atoms with Gasteiger partial charge in [-0.15, -0.1) is 0 Å². The van der Waals surface area contributed by atoms with E-state index in [1.54, 1.807) is 0 Å². The fraction of sp³-hybridized carbons (Fsp3) is 0.650. The highest BCUT2D eigenvalue weighted by Crippen LogP contribution is 2.41. The van der Waals surface area contributed by atoms with Gasteiger partial charge in [0.15, 0.2) is 0 Å². The topological polar surface area (TPSA) is 134 Å². The monoisotopic (exact) mass is 670 g/mol. The molecule has 0 amide bonds. The molecule has 0 aromatic heterocycles. The first-order valence-corrected chi connectivity index (χ1v) is 17.3. The van der Waals surface area contributed by atoms with Gasteiger partial charge in [0.1, 0.15) is 11.5 Å². The van der Waals surface area contributed by atoms with Gasteiger partial charge in [0.2, 0.25) is 0 Å². The number of aromatic hydroxyl groups is 2. The van der Waals surface area contributed by atoms with E-state index in [-0.39, 0.29) is 59.0 Å². The van der Waals surface area contributed by atoms with Crippen LogP contribution >= 0.6 is 0 Å². The van der Waals surface area contributed by atoms with Gasteiger partial charge in [-0.25, -0.2) is 0 Å². The number of phenols is 2. The molecule has 8 nitrogen and oxygen atoms in total. The first kappa shape index (κ1) is 41.1. The molecule has 8 heteroatoms. The Morgan fingerprint density at radius 2 is 0.875 bits per heavy atom. The highest BCUT2D eigenvalue weighted by molar-refractivity contribution is 5.72. The van der Waals surface area contributed by atoms with E-state index in [0.717, 1.165) is 33.4 Å². The van der Waals surface area contributed by atoms with Gasteiger partial charge in [-0.2, -0.15) is 0 Å². The maximum Gasteiger partial charge on any atom is 0.373 e. The summed E-state index contributed by atoms with van der Waals surface area (Å²) < 4.78 is 10.9. The lowest BCUT2D eigenvalue weighted by atomic mass is 9.78. The van der Waals surface area contributed by atoms with Crippen LogP contribution in [0.15, 0.2) is 24.3 Å². The molecule has 2 aromatic rings. The number of esters is 2. The minimum absolute atomic E-state index is 0.0164. The third kappa shape index (κ3) is 11.8. The van der Waals surface area contributed by atoms with Crippen LogP contribution in [-0.4, -0.2) is 44.9 Å². The van der Waals surface area contributed by atoms with Crippen molar-refractivity contribution in [3.8, 4) is 11.5 Å². The van der Waals surface area contributed by atoms with Crippen molar-refractivity contribution in [1.29, 1.82) is 0 Å². The van der Waals surface area contributed by atoms with Gasteiger partial charge in [-0.05, 0) is 80.7 Å². The summed E-state index contributed by atoms with van der Waals surface area (Å²) in [7, 11) is 0. The molecule has 270 valence electrons. The summed E-state index contributed by atoms with van der Waals surface area (Å²) in [4.78, 5) is 26.2. The van der Waals surface area contributed by atoms with Crippen molar-refractivity contribution < 1.29 is 39.5 Å². The highest BCUT2D eigenvalue weighted by Gasteiger charge is 2.36. The molecule has 0 aliphatic heterocycles. The van der Waals surface area contributed by atoms with Crippen LogP contribution in [0.4, 0.5) is 0 Å². The average molecular weight is 671 g/mol. The predicted octanol–water partition coefficient (Wildman–Crippen LogP) is 8.14. The van der Waals surface area contributed by atoms with Gasteiger partial charge in [0.25, 0.3) is 0 Å². The van der Waals surface area contributed by atoms with Gasteiger partial charge in [0, 0.05) is 19.4 Å². The highest BCUT2D eigenvalue weighted by atomic mass is 16.8. The fourth-order valence-corrected chi connectivity index (χ4v) is 5.67. The third-order valence-corrected chi connectivity index (χ3v) is 8.50. The summed E-state index contributed by atoms with van der Waals surface area (Å²) in [5.74, 6) is -3.39. The number of carbonyl (C=O) groups is 2. The molecule has 0 bridgehead atoms. The van der Waals surface area contributed by atoms with Crippen molar-refractivity contribution in [2.45, 2.75) is 162 Å². The smallest absolute Gasteiger partial charge is 0.373 e. The van der Waals surface area contributed by atoms with E-state index in [1.807, 2.05) is 107 Å². The van der Waals surface area contributed by atoms with Crippen molar-refractivity contribution >= 4 is 11.9 Å². The Morgan fingerprint density at radius 3 is 1.15 bits per heavy atom. The van der Waals surface area contributed by atoms with Gasteiger partial charge in [-0.1, -0.05) is 114 Å². The molecule has 0 saturated carbocycles. The van der Waals surface area contributed by atoms with Gasteiger partial charge >= 0.3 is 17.9 Å². The Kier molecular flexibility index (Phi) is 13.4. The van der Waals surface area contributed by atoms with Crippen LogP contribution in [0.5, 0.6) is 11.5 Å².